The van der Waals surface area contributed by atoms with Crippen molar-refractivity contribution in [2.75, 3.05) is 5.32 Å². The van der Waals surface area contributed by atoms with E-state index in [1.165, 1.54) is 0 Å². The zero-order chi connectivity index (χ0) is 12.8. The molecule has 1 atom stereocenters. The molecule has 0 aliphatic rings. The molecular formula is C14H15N3O. The zero-order valence-electron chi connectivity index (χ0n) is 9.91. The molecule has 3 N–H and O–H groups in total. The first-order valence-electron chi connectivity index (χ1n) is 5.75. The van der Waals surface area contributed by atoms with Crippen molar-refractivity contribution in [2.24, 2.45) is 5.73 Å². The molecule has 0 fully saturated rings. The van der Waals surface area contributed by atoms with Crippen molar-refractivity contribution in [2.45, 2.75) is 12.5 Å². The van der Waals surface area contributed by atoms with Gasteiger partial charge < -0.3 is 11.1 Å². The van der Waals surface area contributed by atoms with Gasteiger partial charge in [-0.3, -0.25) is 9.78 Å². The molecule has 1 aromatic carbocycles. The van der Waals surface area contributed by atoms with Crippen LogP contribution in [0.15, 0.2) is 54.9 Å². The molecule has 0 aliphatic carbocycles. The number of carbonyl (C=O) groups is 1. The number of nitrogens with two attached hydrogens (primary N) is 1. The third kappa shape index (κ3) is 3.31. The van der Waals surface area contributed by atoms with Crippen LogP contribution in [0.1, 0.15) is 5.56 Å². The predicted molar refractivity (Wildman–Crippen MR) is 71.0 cm³/mol. The number of rotatable bonds is 5. The van der Waals surface area contributed by atoms with E-state index in [4.69, 9.17) is 5.73 Å². The Morgan fingerprint density at radius 3 is 2.44 bits per heavy atom. The van der Waals surface area contributed by atoms with Crippen molar-refractivity contribution in [1.82, 2.24) is 4.98 Å². The first kappa shape index (κ1) is 12.1. The van der Waals surface area contributed by atoms with Crippen LogP contribution in [0.25, 0.3) is 0 Å². The lowest BCUT2D eigenvalue weighted by Crippen LogP contribution is -2.37. The minimum atomic E-state index is -0.421. The molecule has 0 saturated carbocycles. The lowest BCUT2D eigenvalue weighted by molar-refractivity contribution is -0.118. The third-order valence-electron chi connectivity index (χ3n) is 2.65. The van der Waals surface area contributed by atoms with Crippen LogP contribution >= 0.6 is 0 Å². The van der Waals surface area contributed by atoms with Crippen LogP contribution in [0.5, 0.6) is 0 Å². The van der Waals surface area contributed by atoms with E-state index in [-0.39, 0.29) is 5.91 Å². The molecular weight excluding hydrogens is 226 g/mol. The summed E-state index contributed by atoms with van der Waals surface area (Å²) in [7, 11) is 0. The summed E-state index contributed by atoms with van der Waals surface area (Å²) in [4.78, 5) is 15.4. The molecule has 0 unspecified atom stereocenters. The maximum Gasteiger partial charge on any atom is 0.240 e. The number of hydrogen-bond donors (Lipinski definition) is 2. The number of nitrogens with zero attached hydrogens (tertiary/aromatic N) is 1. The van der Waals surface area contributed by atoms with Gasteiger partial charge >= 0.3 is 0 Å². The second-order valence-electron chi connectivity index (χ2n) is 4.02. The fourth-order valence-electron chi connectivity index (χ4n) is 1.72. The molecule has 0 spiro atoms. The van der Waals surface area contributed by atoms with Crippen LogP contribution in [0.4, 0.5) is 5.69 Å². The molecule has 18 heavy (non-hydrogen) atoms. The largest absolute Gasteiger partial charge is 0.373 e. The molecule has 1 amide bonds. The summed E-state index contributed by atoms with van der Waals surface area (Å²) >= 11 is 0. The van der Waals surface area contributed by atoms with Crippen LogP contribution in [-0.2, 0) is 11.2 Å². The van der Waals surface area contributed by atoms with Crippen LogP contribution in [-0.4, -0.2) is 16.9 Å². The Morgan fingerprint density at radius 2 is 1.83 bits per heavy atom. The van der Waals surface area contributed by atoms with E-state index in [1.54, 1.807) is 24.5 Å². The summed E-state index contributed by atoms with van der Waals surface area (Å²) in [5.41, 5.74) is 7.33. The molecule has 2 rings (SSSR count). The average molecular weight is 241 g/mol. The van der Waals surface area contributed by atoms with Gasteiger partial charge in [-0.1, -0.05) is 30.3 Å². The molecule has 0 bridgehead atoms. The first-order valence-corrected chi connectivity index (χ1v) is 5.75. The number of benzene rings is 1. The summed E-state index contributed by atoms with van der Waals surface area (Å²) in [6.45, 7) is 0. The summed E-state index contributed by atoms with van der Waals surface area (Å²) in [6.07, 6.45) is 3.91. The van der Waals surface area contributed by atoms with Gasteiger partial charge in [0, 0.05) is 24.5 Å². The third-order valence-corrected chi connectivity index (χ3v) is 2.65. The van der Waals surface area contributed by atoms with Crippen molar-refractivity contribution in [3.05, 3.63) is 60.4 Å². The molecule has 4 heteroatoms. The lowest BCUT2D eigenvalue weighted by Gasteiger charge is -2.16. The molecule has 1 aromatic heterocycles. The summed E-state index contributed by atoms with van der Waals surface area (Å²) in [6, 6.07) is 13.0. The van der Waals surface area contributed by atoms with E-state index in [0.29, 0.717) is 6.42 Å². The van der Waals surface area contributed by atoms with Crippen molar-refractivity contribution in [1.29, 1.82) is 0 Å². The minimum Gasteiger partial charge on any atom is -0.373 e. The van der Waals surface area contributed by atoms with Crippen LogP contribution < -0.4 is 11.1 Å². The van der Waals surface area contributed by atoms with Crippen molar-refractivity contribution in [3.8, 4) is 0 Å². The summed E-state index contributed by atoms with van der Waals surface area (Å²) in [5, 5.41) is 3.11. The first-order chi connectivity index (χ1) is 8.75. The van der Waals surface area contributed by atoms with Crippen LogP contribution in [0.2, 0.25) is 0 Å². The van der Waals surface area contributed by atoms with Gasteiger partial charge in [-0.25, -0.2) is 0 Å². The van der Waals surface area contributed by atoms with Crippen LogP contribution in [0.3, 0.4) is 0 Å². The average Bonchev–Trinajstić information content (AvgIpc) is 2.40. The van der Waals surface area contributed by atoms with Gasteiger partial charge in [0.15, 0.2) is 0 Å². The molecule has 4 nitrogen and oxygen atoms in total. The number of pyridine rings is 1. The van der Waals surface area contributed by atoms with Crippen molar-refractivity contribution >= 4 is 11.6 Å². The molecule has 0 radical (unpaired) electrons. The minimum absolute atomic E-state index is 0.365. The fraction of sp³-hybridized carbons (Fsp3) is 0.143. The Bertz CT molecular complexity index is 457. The number of primary amides is 1. The van der Waals surface area contributed by atoms with Gasteiger partial charge in [-0.15, -0.1) is 0 Å². The molecule has 1 heterocycles. The Balaban J connectivity index is 2.08. The highest BCUT2D eigenvalue weighted by Gasteiger charge is 2.15. The molecule has 0 aliphatic heterocycles. The van der Waals surface area contributed by atoms with Gasteiger partial charge in [0.2, 0.25) is 5.91 Å². The second-order valence-corrected chi connectivity index (χ2v) is 4.02. The fourth-order valence-corrected chi connectivity index (χ4v) is 1.72. The maximum atomic E-state index is 11.5. The second kappa shape index (κ2) is 5.82. The number of anilines is 1. The van der Waals surface area contributed by atoms with Crippen molar-refractivity contribution < 1.29 is 4.79 Å². The highest BCUT2D eigenvalue weighted by molar-refractivity contribution is 5.83. The highest BCUT2D eigenvalue weighted by Crippen LogP contribution is 2.10. The Kier molecular flexibility index (Phi) is 3.91. The SMILES string of the molecule is NC(=O)[C@H](Cc1ccccc1)Nc1ccncc1. The lowest BCUT2D eigenvalue weighted by atomic mass is 10.1. The smallest absolute Gasteiger partial charge is 0.240 e. The van der Waals surface area contributed by atoms with Gasteiger partial charge in [0.1, 0.15) is 6.04 Å². The molecule has 92 valence electrons. The van der Waals surface area contributed by atoms with Crippen molar-refractivity contribution in [3.63, 3.8) is 0 Å². The number of hydrogen-bond acceptors (Lipinski definition) is 3. The monoisotopic (exact) mass is 241 g/mol. The number of carbonyl (C=O) groups excluding carboxylic acids is 1. The Morgan fingerprint density at radius 1 is 1.17 bits per heavy atom. The zero-order valence-corrected chi connectivity index (χ0v) is 9.91. The number of amides is 1. The summed E-state index contributed by atoms with van der Waals surface area (Å²) in [5.74, 6) is -0.365. The normalized spacial score (nSPS) is 11.8. The standard InChI is InChI=1S/C14H15N3O/c15-14(18)13(10-11-4-2-1-3-5-11)17-12-6-8-16-9-7-12/h1-9,13H,10H2,(H2,15,18)(H,16,17)/t13-/m0/s1. The number of aromatic nitrogens is 1. The van der Waals surface area contributed by atoms with Crippen LogP contribution in [0, 0.1) is 0 Å². The molecule has 0 saturated heterocycles. The van der Waals surface area contributed by atoms with E-state index in [0.717, 1.165) is 11.3 Å². The highest BCUT2D eigenvalue weighted by atomic mass is 16.1. The number of nitrogens with one attached hydrogen (secondary N) is 1. The van der Waals surface area contributed by atoms with E-state index in [9.17, 15) is 4.79 Å². The summed E-state index contributed by atoms with van der Waals surface area (Å²) < 4.78 is 0. The maximum absolute atomic E-state index is 11.5. The topological polar surface area (TPSA) is 68.0 Å². The predicted octanol–water partition coefficient (Wildman–Crippen LogP) is 1.59. The molecule has 2 aromatic rings. The van der Waals surface area contributed by atoms with E-state index >= 15 is 0 Å². The Labute approximate surface area is 106 Å². The van der Waals surface area contributed by atoms with Gasteiger partial charge in [-0.2, -0.15) is 0 Å². The van der Waals surface area contributed by atoms with Gasteiger partial charge in [0.25, 0.3) is 0 Å². The van der Waals surface area contributed by atoms with E-state index in [1.807, 2.05) is 30.3 Å². The quantitative estimate of drug-likeness (QED) is 0.835. The van der Waals surface area contributed by atoms with Gasteiger partial charge in [0.05, 0.1) is 0 Å². The Hall–Kier alpha value is -2.36. The van der Waals surface area contributed by atoms with Gasteiger partial charge in [-0.05, 0) is 17.7 Å². The van der Waals surface area contributed by atoms with E-state index < -0.39 is 6.04 Å². The van der Waals surface area contributed by atoms with E-state index in [2.05, 4.69) is 10.3 Å².